The summed E-state index contributed by atoms with van der Waals surface area (Å²) in [6.45, 7) is 2.47. The Labute approximate surface area is 121 Å². The van der Waals surface area contributed by atoms with Crippen LogP contribution in [0.15, 0.2) is 34.9 Å². The SMILES string of the molecule is C[C@H](c1ccc(Cl)cc1)N(C)Cc1nc(C(=O)O)co1. The van der Waals surface area contributed by atoms with E-state index in [-0.39, 0.29) is 11.7 Å². The summed E-state index contributed by atoms with van der Waals surface area (Å²) in [6, 6.07) is 7.74. The largest absolute Gasteiger partial charge is 0.476 e. The maximum Gasteiger partial charge on any atom is 0.357 e. The highest BCUT2D eigenvalue weighted by Gasteiger charge is 2.16. The molecule has 0 aliphatic carbocycles. The number of halogens is 1. The van der Waals surface area contributed by atoms with Crippen LogP contribution in [0.5, 0.6) is 0 Å². The van der Waals surface area contributed by atoms with Crippen molar-refractivity contribution in [2.45, 2.75) is 19.5 Å². The van der Waals surface area contributed by atoms with Crippen LogP contribution in [0.25, 0.3) is 0 Å². The first-order valence-electron chi connectivity index (χ1n) is 6.11. The molecule has 0 unspecified atom stereocenters. The van der Waals surface area contributed by atoms with E-state index >= 15 is 0 Å². The van der Waals surface area contributed by atoms with Gasteiger partial charge in [0.15, 0.2) is 5.69 Å². The molecular weight excluding hydrogens is 280 g/mol. The van der Waals surface area contributed by atoms with Gasteiger partial charge in [0, 0.05) is 11.1 Å². The van der Waals surface area contributed by atoms with Gasteiger partial charge in [0.1, 0.15) is 6.26 Å². The van der Waals surface area contributed by atoms with Gasteiger partial charge < -0.3 is 9.52 Å². The molecule has 0 aliphatic rings. The van der Waals surface area contributed by atoms with E-state index in [4.69, 9.17) is 21.1 Å². The van der Waals surface area contributed by atoms with Crippen molar-refractivity contribution < 1.29 is 14.3 Å². The summed E-state index contributed by atoms with van der Waals surface area (Å²) >= 11 is 5.86. The zero-order chi connectivity index (χ0) is 14.7. The Kier molecular flexibility index (Phi) is 4.42. The van der Waals surface area contributed by atoms with Crippen molar-refractivity contribution in [2.24, 2.45) is 0 Å². The molecule has 0 amide bonds. The maximum absolute atomic E-state index is 10.7. The van der Waals surface area contributed by atoms with E-state index in [2.05, 4.69) is 4.98 Å². The van der Waals surface area contributed by atoms with Gasteiger partial charge >= 0.3 is 5.97 Å². The molecule has 20 heavy (non-hydrogen) atoms. The highest BCUT2D eigenvalue weighted by atomic mass is 35.5. The van der Waals surface area contributed by atoms with E-state index in [1.54, 1.807) is 0 Å². The molecule has 5 nitrogen and oxygen atoms in total. The average molecular weight is 295 g/mol. The van der Waals surface area contributed by atoms with Crippen LogP contribution in [0.2, 0.25) is 5.02 Å². The number of benzene rings is 1. The molecule has 6 heteroatoms. The molecule has 1 aromatic carbocycles. The number of nitrogens with zero attached hydrogens (tertiary/aromatic N) is 2. The average Bonchev–Trinajstić information content (AvgIpc) is 2.87. The monoisotopic (exact) mass is 294 g/mol. The van der Waals surface area contributed by atoms with E-state index in [0.29, 0.717) is 17.5 Å². The fourth-order valence-electron chi connectivity index (χ4n) is 1.83. The molecule has 1 atom stereocenters. The minimum Gasteiger partial charge on any atom is -0.476 e. The lowest BCUT2D eigenvalue weighted by atomic mass is 10.1. The van der Waals surface area contributed by atoms with Gasteiger partial charge in [-0.3, -0.25) is 4.90 Å². The fourth-order valence-corrected chi connectivity index (χ4v) is 1.95. The van der Waals surface area contributed by atoms with Gasteiger partial charge in [-0.2, -0.15) is 0 Å². The number of carbonyl (C=O) groups is 1. The van der Waals surface area contributed by atoms with Crippen molar-refractivity contribution in [3.05, 3.63) is 52.7 Å². The smallest absolute Gasteiger partial charge is 0.357 e. The second-order valence-electron chi connectivity index (χ2n) is 4.57. The van der Waals surface area contributed by atoms with Crippen molar-refractivity contribution in [1.82, 2.24) is 9.88 Å². The third-order valence-electron chi connectivity index (χ3n) is 3.17. The summed E-state index contributed by atoms with van der Waals surface area (Å²) in [7, 11) is 1.92. The van der Waals surface area contributed by atoms with E-state index < -0.39 is 5.97 Å². The van der Waals surface area contributed by atoms with Gasteiger partial charge in [-0.05, 0) is 31.7 Å². The zero-order valence-corrected chi connectivity index (χ0v) is 12.0. The third kappa shape index (κ3) is 3.37. The topological polar surface area (TPSA) is 66.6 Å². The first-order valence-corrected chi connectivity index (χ1v) is 6.48. The van der Waals surface area contributed by atoms with Crippen LogP contribution in [0.1, 0.15) is 34.9 Å². The predicted octanol–water partition coefficient (Wildman–Crippen LogP) is 3.22. The van der Waals surface area contributed by atoms with Gasteiger partial charge in [0.25, 0.3) is 0 Å². The Morgan fingerprint density at radius 3 is 2.65 bits per heavy atom. The number of carboxylic acids is 1. The Morgan fingerprint density at radius 1 is 1.45 bits per heavy atom. The number of aromatic nitrogens is 1. The lowest BCUT2D eigenvalue weighted by Crippen LogP contribution is -2.22. The van der Waals surface area contributed by atoms with Crippen molar-refractivity contribution in [2.75, 3.05) is 7.05 Å². The van der Waals surface area contributed by atoms with Crippen LogP contribution in [0, 0.1) is 0 Å². The molecule has 0 fully saturated rings. The van der Waals surface area contributed by atoms with Crippen molar-refractivity contribution >= 4 is 17.6 Å². The molecule has 2 aromatic rings. The fraction of sp³-hybridized carbons (Fsp3) is 0.286. The number of hydrogen-bond acceptors (Lipinski definition) is 4. The van der Waals surface area contributed by atoms with E-state index in [1.807, 2.05) is 43.1 Å². The Balaban J connectivity index is 2.04. The second-order valence-corrected chi connectivity index (χ2v) is 5.01. The van der Waals surface area contributed by atoms with Crippen LogP contribution in [-0.2, 0) is 6.54 Å². The Bertz CT molecular complexity index is 595. The second kappa shape index (κ2) is 6.07. The maximum atomic E-state index is 10.7. The summed E-state index contributed by atoms with van der Waals surface area (Å²) in [5.74, 6) is -0.709. The van der Waals surface area contributed by atoms with Crippen LogP contribution < -0.4 is 0 Å². The number of hydrogen-bond donors (Lipinski definition) is 1. The van der Waals surface area contributed by atoms with E-state index in [1.165, 1.54) is 0 Å². The predicted molar refractivity (Wildman–Crippen MR) is 74.8 cm³/mol. The zero-order valence-electron chi connectivity index (χ0n) is 11.2. The molecule has 106 valence electrons. The van der Waals surface area contributed by atoms with Crippen LogP contribution in [-0.4, -0.2) is 28.0 Å². The molecule has 1 aromatic heterocycles. The van der Waals surface area contributed by atoms with Crippen LogP contribution in [0.4, 0.5) is 0 Å². The molecule has 0 radical (unpaired) electrons. The molecule has 2 rings (SSSR count). The molecule has 1 N–H and O–H groups in total. The third-order valence-corrected chi connectivity index (χ3v) is 3.42. The summed E-state index contributed by atoms with van der Waals surface area (Å²) < 4.78 is 5.15. The Hall–Kier alpha value is -1.85. The molecular formula is C14H15ClN2O3. The van der Waals surface area contributed by atoms with Gasteiger partial charge in [0.05, 0.1) is 6.54 Å². The first-order chi connectivity index (χ1) is 9.47. The standard InChI is InChI=1S/C14H15ClN2O3/c1-9(10-3-5-11(15)6-4-10)17(2)7-13-16-12(8-20-13)14(18)19/h3-6,8-9H,7H2,1-2H3,(H,18,19)/t9-/m1/s1. The molecule has 0 saturated heterocycles. The quantitative estimate of drug-likeness (QED) is 0.917. The number of aromatic carboxylic acids is 1. The highest BCUT2D eigenvalue weighted by molar-refractivity contribution is 6.30. The summed E-state index contributed by atoms with van der Waals surface area (Å²) in [4.78, 5) is 16.7. The van der Waals surface area contributed by atoms with Gasteiger partial charge in [0.2, 0.25) is 5.89 Å². The number of oxazole rings is 1. The molecule has 0 saturated carbocycles. The molecule has 0 spiro atoms. The normalized spacial score (nSPS) is 12.6. The van der Waals surface area contributed by atoms with Crippen molar-refractivity contribution in [3.63, 3.8) is 0 Å². The van der Waals surface area contributed by atoms with E-state index in [0.717, 1.165) is 11.8 Å². The van der Waals surface area contributed by atoms with Crippen LogP contribution in [0.3, 0.4) is 0 Å². The van der Waals surface area contributed by atoms with Crippen molar-refractivity contribution in [1.29, 1.82) is 0 Å². The van der Waals surface area contributed by atoms with Gasteiger partial charge in [-0.25, -0.2) is 9.78 Å². The minimum atomic E-state index is -1.09. The highest BCUT2D eigenvalue weighted by Crippen LogP contribution is 2.22. The van der Waals surface area contributed by atoms with Crippen molar-refractivity contribution in [3.8, 4) is 0 Å². The van der Waals surface area contributed by atoms with Gasteiger partial charge in [-0.1, -0.05) is 23.7 Å². The first kappa shape index (κ1) is 14.6. The summed E-state index contributed by atoms with van der Waals surface area (Å²) in [5.41, 5.74) is 1.04. The van der Waals surface area contributed by atoms with Gasteiger partial charge in [-0.15, -0.1) is 0 Å². The van der Waals surface area contributed by atoms with E-state index in [9.17, 15) is 4.79 Å². The molecule has 1 heterocycles. The summed E-state index contributed by atoms with van der Waals surface area (Å²) in [6.07, 6.45) is 1.15. The number of carboxylic acid groups (broad SMARTS) is 1. The Morgan fingerprint density at radius 2 is 2.10 bits per heavy atom. The lowest BCUT2D eigenvalue weighted by Gasteiger charge is -2.23. The van der Waals surface area contributed by atoms with Crippen LogP contribution >= 0.6 is 11.6 Å². The number of rotatable bonds is 5. The molecule has 0 aliphatic heterocycles. The minimum absolute atomic E-state index is 0.0763. The lowest BCUT2D eigenvalue weighted by molar-refractivity contribution is 0.0690. The summed E-state index contributed by atoms with van der Waals surface area (Å²) in [5, 5.41) is 9.49. The molecule has 0 bridgehead atoms.